The van der Waals surface area contributed by atoms with E-state index in [9.17, 15) is 4.79 Å². The van der Waals surface area contributed by atoms with Crippen LogP contribution in [-0.2, 0) is 15.3 Å². The smallest absolute Gasteiger partial charge is 0.316 e. The van der Waals surface area contributed by atoms with Gasteiger partial charge in [0.1, 0.15) is 5.75 Å². The van der Waals surface area contributed by atoms with Crippen LogP contribution in [0, 0.1) is 0 Å². The van der Waals surface area contributed by atoms with E-state index in [-0.39, 0.29) is 11.7 Å². The molecule has 1 aromatic rings. The molecule has 0 aromatic carbocycles. The van der Waals surface area contributed by atoms with Crippen molar-refractivity contribution in [1.82, 2.24) is 10.2 Å². The normalized spacial score (nSPS) is 10.5. The van der Waals surface area contributed by atoms with E-state index in [0.717, 1.165) is 12.8 Å². The zero-order valence-electron chi connectivity index (χ0n) is 9.97. The van der Waals surface area contributed by atoms with Crippen LogP contribution in [0.3, 0.4) is 0 Å². The van der Waals surface area contributed by atoms with Gasteiger partial charge in [-0.25, -0.2) is 0 Å². The van der Waals surface area contributed by atoms with Crippen molar-refractivity contribution in [2.75, 3.05) is 18.6 Å². The van der Waals surface area contributed by atoms with Crippen LogP contribution in [0.5, 0.6) is 0 Å². The molecule has 0 atom stereocenters. The topological polar surface area (TPSA) is 65.2 Å². The maximum Gasteiger partial charge on any atom is 0.316 e. The molecular formula is C10H16N2O3S2. The van der Waals surface area contributed by atoms with Gasteiger partial charge in [-0.1, -0.05) is 25.1 Å². The van der Waals surface area contributed by atoms with Gasteiger partial charge in [0.25, 0.3) is 5.22 Å². The predicted molar refractivity (Wildman–Crippen MR) is 68.1 cm³/mol. The van der Waals surface area contributed by atoms with Gasteiger partial charge in [-0.05, 0) is 12.7 Å². The summed E-state index contributed by atoms with van der Waals surface area (Å²) in [5.74, 6) is 1.24. The molecule has 7 heteroatoms. The Hall–Kier alpha value is -0.690. The lowest BCUT2D eigenvalue weighted by molar-refractivity contribution is -0.140. The van der Waals surface area contributed by atoms with Crippen LogP contribution in [0.25, 0.3) is 0 Å². The standard InChI is InChI=1S/C10H16N2O3S2/c1-3-4-5-14-9(13)7-17-10-12-11-8(15-10)6-16-2/h3-7H2,1-2H3. The van der Waals surface area contributed by atoms with Gasteiger partial charge in [0.2, 0.25) is 5.89 Å². The largest absolute Gasteiger partial charge is 0.465 e. The summed E-state index contributed by atoms with van der Waals surface area (Å²) in [5, 5.41) is 8.10. The maximum atomic E-state index is 11.3. The van der Waals surface area contributed by atoms with Gasteiger partial charge in [0.15, 0.2) is 0 Å². The molecule has 0 aliphatic rings. The van der Waals surface area contributed by atoms with Crippen molar-refractivity contribution >= 4 is 29.5 Å². The Morgan fingerprint density at radius 1 is 1.47 bits per heavy atom. The number of carbonyl (C=O) groups excluding carboxylic acids is 1. The fourth-order valence-electron chi connectivity index (χ4n) is 0.971. The molecule has 0 bridgehead atoms. The van der Waals surface area contributed by atoms with Crippen LogP contribution in [0.4, 0.5) is 0 Å². The molecule has 0 amide bonds. The van der Waals surface area contributed by atoms with Gasteiger partial charge in [-0.15, -0.1) is 10.2 Å². The van der Waals surface area contributed by atoms with Crippen molar-refractivity contribution in [3.05, 3.63) is 5.89 Å². The Kier molecular flexibility index (Phi) is 7.11. The highest BCUT2D eigenvalue weighted by molar-refractivity contribution is 7.99. The summed E-state index contributed by atoms with van der Waals surface area (Å²) < 4.78 is 10.3. The maximum absolute atomic E-state index is 11.3. The Labute approximate surface area is 109 Å². The molecule has 0 aliphatic heterocycles. The first-order valence-electron chi connectivity index (χ1n) is 5.36. The minimum atomic E-state index is -0.243. The van der Waals surface area contributed by atoms with E-state index in [2.05, 4.69) is 10.2 Å². The van der Waals surface area contributed by atoms with Gasteiger partial charge in [0.05, 0.1) is 12.4 Å². The lowest BCUT2D eigenvalue weighted by Gasteiger charge is -2.01. The highest BCUT2D eigenvalue weighted by Crippen LogP contribution is 2.18. The van der Waals surface area contributed by atoms with E-state index < -0.39 is 0 Å². The Morgan fingerprint density at radius 3 is 3.00 bits per heavy atom. The molecule has 0 saturated heterocycles. The molecule has 5 nitrogen and oxygen atoms in total. The molecule has 0 aliphatic carbocycles. The summed E-state index contributed by atoms with van der Waals surface area (Å²) in [7, 11) is 0. The number of aromatic nitrogens is 2. The van der Waals surface area contributed by atoms with E-state index in [1.54, 1.807) is 11.8 Å². The predicted octanol–water partition coefficient (Wildman–Crippen LogP) is 2.37. The molecule has 1 heterocycles. The zero-order valence-corrected chi connectivity index (χ0v) is 11.6. The van der Waals surface area contributed by atoms with Crippen LogP contribution < -0.4 is 0 Å². The number of unbranched alkanes of at least 4 members (excludes halogenated alkanes) is 1. The summed E-state index contributed by atoms with van der Waals surface area (Å²) in [6, 6.07) is 0. The molecule has 0 fully saturated rings. The Balaban J connectivity index is 2.22. The molecular weight excluding hydrogens is 260 g/mol. The second-order valence-corrected chi connectivity index (χ2v) is 5.05. The van der Waals surface area contributed by atoms with Gasteiger partial charge in [-0.3, -0.25) is 4.79 Å². The first kappa shape index (κ1) is 14.4. The number of esters is 1. The van der Waals surface area contributed by atoms with Crippen molar-refractivity contribution in [2.24, 2.45) is 0 Å². The van der Waals surface area contributed by atoms with E-state index >= 15 is 0 Å². The Bertz CT molecular complexity index is 344. The molecule has 1 aromatic heterocycles. The van der Waals surface area contributed by atoms with E-state index in [4.69, 9.17) is 9.15 Å². The molecule has 0 unspecified atom stereocenters. The fourth-order valence-corrected chi connectivity index (χ4v) is 1.91. The fraction of sp³-hybridized carbons (Fsp3) is 0.700. The average Bonchev–Trinajstić information content (AvgIpc) is 2.75. The second-order valence-electron chi connectivity index (χ2n) is 3.26. The zero-order chi connectivity index (χ0) is 12.5. The van der Waals surface area contributed by atoms with E-state index in [0.29, 0.717) is 23.5 Å². The summed E-state index contributed by atoms with van der Waals surface area (Å²) in [6.07, 6.45) is 3.87. The molecule has 0 radical (unpaired) electrons. The monoisotopic (exact) mass is 276 g/mol. The molecule has 0 spiro atoms. The molecule has 1 rings (SSSR count). The second kappa shape index (κ2) is 8.41. The summed E-state index contributed by atoms with van der Waals surface area (Å²) in [5.41, 5.74) is 0. The third-order valence-electron chi connectivity index (χ3n) is 1.79. The molecule has 96 valence electrons. The summed E-state index contributed by atoms with van der Waals surface area (Å²) >= 11 is 2.82. The van der Waals surface area contributed by atoms with Gasteiger partial charge in [-0.2, -0.15) is 11.8 Å². The first-order valence-corrected chi connectivity index (χ1v) is 7.74. The lowest BCUT2D eigenvalue weighted by Crippen LogP contribution is -2.08. The minimum absolute atomic E-state index is 0.213. The van der Waals surface area contributed by atoms with Crippen molar-refractivity contribution in [3.8, 4) is 0 Å². The number of hydrogen-bond donors (Lipinski definition) is 0. The third-order valence-corrected chi connectivity index (χ3v) is 3.12. The van der Waals surface area contributed by atoms with E-state index in [1.807, 2.05) is 13.2 Å². The number of thioether (sulfide) groups is 2. The van der Waals surface area contributed by atoms with E-state index in [1.165, 1.54) is 11.8 Å². The highest BCUT2D eigenvalue weighted by Gasteiger charge is 2.09. The van der Waals surface area contributed by atoms with Crippen LogP contribution in [0.2, 0.25) is 0 Å². The molecule has 0 saturated carbocycles. The van der Waals surface area contributed by atoms with Gasteiger partial charge < -0.3 is 9.15 Å². The number of ether oxygens (including phenoxy) is 1. The van der Waals surface area contributed by atoms with Crippen molar-refractivity contribution in [1.29, 1.82) is 0 Å². The SMILES string of the molecule is CCCCOC(=O)CSc1nnc(CSC)o1. The highest BCUT2D eigenvalue weighted by atomic mass is 32.2. The van der Waals surface area contributed by atoms with Crippen LogP contribution in [0.1, 0.15) is 25.7 Å². The van der Waals surface area contributed by atoms with Crippen molar-refractivity contribution in [3.63, 3.8) is 0 Å². The quantitative estimate of drug-likeness (QED) is 0.410. The number of hydrogen-bond acceptors (Lipinski definition) is 7. The number of carbonyl (C=O) groups is 1. The van der Waals surface area contributed by atoms with Crippen LogP contribution >= 0.6 is 23.5 Å². The van der Waals surface area contributed by atoms with Crippen molar-refractivity contribution < 1.29 is 13.9 Å². The number of rotatable bonds is 8. The number of nitrogens with zero attached hydrogens (tertiary/aromatic N) is 2. The third kappa shape index (κ3) is 5.97. The molecule has 17 heavy (non-hydrogen) atoms. The summed E-state index contributed by atoms with van der Waals surface area (Å²) in [4.78, 5) is 11.3. The molecule has 0 N–H and O–H groups in total. The van der Waals surface area contributed by atoms with Gasteiger partial charge in [0, 0.05) is 0 Å². The average molecular weight is 276 g/mol. The lowest BCUT2D eigenvalue weighted by atomic mass is 10.4. The Morgan fingerprint density at radius 2 is 2.29 bits per heavy atom. The van der Waals surface area contributed by atoms with Crippen LogP contribution in [0.15, 0.2) is 9.64 Å². The van der Waals surface area contributed by atoms with Crippen molar-refractivity contribution in [2.45, 2.75) is 30.7 Å². The first-order chi connectivity index (χ1) is 8.26. The summed E-state index contributed by atoms with van der Waals surface area (Å²) in [6.45, 7) is 2.53. The minimum Gasteiger partial charge on any atom is -0.465 e. The van der Waals surface area contributed by atoms with Gasteiger partial charge >= 0.3 is 5.97 Å². The van der Waals surface area contributed by atoms with Crippen LogP contribution in [-0.4, -0.2) is 34.8 Å².